The Morgan fingerprint density at radius 3 is 1.28 bits per heavy atom. The minimum Gasteiger partial charge on any atom is -0.508 e. The number of aromatic hydroxyl groups is 1. The number of aliphatic hydroxyl groups is 1. The van der Waals surface area contributed by atoms with Gasteiger partial charge in [0.2, 0.25) is 76.8 Å². The highest BCUT2D eigenvalue weighted by Crippen LogP contribution is 2.23. The number of fused-ring (bicyclic) bond motifs is 2. The molecule has 1 fully saturated rings. The summed E-state index contributed by atoms with van der Waals surface area (Å²) in [6.07, 6.45) is 2.66. The minimum atomic E-state index is -1.83. The van der Waals surface area contributed by atoms with E-state index in [9.17, 15) is 63.0 Å². The van der Waals surface area contributed by atoms with E-state index >= 15 is 9.59 Å². The lowest BCUT2D eigenvalue weighted by molar-refractivity contribution is -0.137. The van der Waals surface area contributed by atoms with Gasteiger partial charge in [-0.25, -0.2) is 0 Å². The van der Waals surface area contributed by atoms with Crippen molar-refractivity contribution in [3.63, 3.8) is 0 Å². The van der Waals surface area contributed by atoms with Gasteiger partial charge in [0.15, 0.2) is 17.9 Å². The molecule has 0 bridgehead atoms. The zero-order valence-electron chi connectivity index (χ0n) is 67.4. The summed E-state index contributed by atoms with van der Waals surface area (Å²) in [4.78, 5) is 197. The Morgan fingerprint density at radius 2 is 0.839 bits per heavy atom. The van der Waals surface area contributed by atoms with Gasteiger partial charge in [0, 0.05) is 78.8 Å². The van der Waals surface area contributed by atoms with E-state index in [4.69, 9.17) is 39.2 Å². The second-order valence-electron chi connectivity index (χ2n) is 29.8. The number of para-hydroxylation sites is 2. The van der Waals surface area contributed by atoms with Crippen molar-refractivity contribution in [2.24, 2.45) is 40.7 Å². The van der Waals surface area contributed by atoms with Crippen LogP contribution in [0.2, 0.25) is 0 Å². The Hall–Kier alpha value is -12.2. The number of aromatic amines is 2. The van der Waals surface area contributed by atoms with E-state index in [1.165, 1.54) is 31.2 Å². The van der Waals surface area contributed by atoms with Gasteiger partial charge in [-0.15, -0.1) is 11.8 Å². The zero-order chi connectivity index (χ0) is 86.9. The average molecular weight is 1660 g/mol. The van der Waals surface area contributed by atoms with Crippen LogP contribution < -0.4 is 103 Å². The van der Waals surface area contributed by atoms with Gasteiger partial charge in [0.1, 0.15) is 78.3 Å². The van der Waals surface area contributed by atoms with Crippen molar-refractivity contribution < 1.29 is 72.5 Å². The molecule has 1 aliphatic heterocycles. The maximum atomic E-state index is 15.1. The zero-order valence-corrected chi connectivity index (χ0v) is 68.2. The Balaban J connectivity index is 1.44. The molecule has 30 N–H and O–H groups in total. The van der Waals surface area contributed by atoms with Crippen molar-refractivity contribution in [3.05, 3.63) is 102 Å². The fraction of sp³-hybridized carbons (Fsp3) is 0.513. The van der Waals surface area contributed by atoms with Gasteiger partial charge in [0.25, 0.3) is 0 Å². The third kappa shape index (κ3) is 30.1. The van der Waals surface area contributed by atoms with Crippen LogP contribution >= 0.6 is 11.8 Å². The molecule has 3 aromatic carbocycles. The predicted molar refractivity (Wildman–Crippen MR) is 444 cm³/mol. The molecule has 40 heteroatoms. The summed E-state index contributed by atoms with van der Waals surface area (Å²) in [7, 11) is 0. The molecule has 39 nitrogen and oxygen atoms in total. The topological polar surface area (TPSA) is 650 Å². The molecule has 13 amide bonds. The Labute approximate surface area is 687 Å². The van der Waals surface area contributed by atoms with Gasteiger partial charge >= 0.3 is 0 Å². The summed E-state index contributed by atoms with van der Waals surface area (Å²) < 4.78 is 0. The van der Waals surface area contributed by atoms with Crippen LogP contribution in [0.15, 0.2) is 85.2 Å². The number of aliphatic hydroxyl groups excluding tert-OH is 1. The van der Waals surface area contributed by atoms with Gasteiger partial charge in [-0.3, -0.25) is 78.6 Å². The molecule has 0 aliphatic carbocycles. The molecule has 0 saturated carbocycles. The number of hydrogen-bond acceptors (Lipinski definition) is 19. The molecule has 0 spiro atoms. The highest BCUT2D eigenvalue weighted by atomic mass is 32.2. The number of nitrogens with two attached hydrogens (primary N) is 4. The van der Waals surface area contributed by atoms with E-state index in [1.807, 2.05) is 0 Å². The number of hydrogen-bond donors (Lipinski definition) is 26. The van der Waals surface area contributed by atoms with Crippen LogP contribution in [0, 0.1) is 34.0 Å². The van der Waals surface area contributed by atoms with Crippen LogP contribution in [0.5, 0.6) is 5.75 Å². The molecule has 2 aromatic heterocycles. The van der Waals surface area contributed by atoms with Gasteiger partial charge < -0.3 is 123 Å². The van der Waals surface area contributed by atoms with Crippen LogP contribution in [0.1, 0.15) is 123 Å². The average Bonchev–Trinajstić information content (AvgIpc) is 1.69. The van der Waals surface area contributed by atoms with Gasteiger partial charge in [-0.05, 0) is 111 Å². The van der Waals surface area contributed by atoms with Crippen molar-refractivity contribution in [1.82, 2.24) is 89.7 Å². The van der Waals surface area contributed by atoms with Crippen molar-refractivity contribution >= 4 is 128 Å². The number of rotatable bonds is 26. The monoisotopic (exact) mass is 1660 g/mol. The first-order chi connectivity index (χ1) is 56.1. The summed E-state index contributed by atoms with van der Waals surface area (Å²) in [5.41, 5.74) is 25.6. The SMILES string of the molecule is CC[C@H](C)[C@@H]1NC(=O)[C@H](CCCNC(=N)N)NC(=O)[C@H]([C@@H](C)CC)NC(=O)[C@H](Cc2ccc(O)cc2)NC(=O)CSC[C@@H](C(N)=O)NC(=O)[C@H](Cc2c[nH]c3ccccc23)NC(=O)[C@H](CC(C)C)NC(=O)[C@H](Cc2c[nH]c3ccccc23)NC(=O)[C@@H](C)NC(=O)[C@H](CO)NC(=O)[C@H](CCCNC(=N)N)NC(=O)[C@H](CCCNC(=N)N)NC1=O. The number of amides is 13. The molecule has 6 rings (SSSR count). The minimum absolute atomic E-state index is 0.00178. The number of H-pyrrole nitrogens is 2. The summed E-state index contributed by atoms with van der Waals surface area (Å²) in [6, 6.07) is 1.68. The lowest BCUT2D eigenvalue weighted by atomic mass is 9.95. The molecule has 118 heavy (non-hydrogen) atoms. The number of nitrogens with one attached hydrogen (secondary N) is 20. The third-order valence-electron chi connectivity index (χ3n) is 20.0. The number of phenolic OH excluding ortho intramolecular Hbond substituents is 1. The molecule has 5 aromatic rings. The van der Waals surface area contributed by atoms with Crippen molar-refractivity contribution in [1.29, 1.82) is 16.2 Å². The van der Waals surface area contributed by atoms with E-state index in [2.05, 4.69) is 89.7 Å². The molecule has 0 radical (unpaired) electrons. The summed E-state index contributed by atoms with van der Waals surface area (Å²) in [6.45, 7) is 10.5. The molecule has 0 unspecified atom stereocenters. The van der Waals surface area contributed by atoms with E-state index in [1.54, 1.807) is 102 Å². The normalized spacial score (nSPS) is 23.3. The largest absolute Gasteiger partial charge is 0.508 e. The van der Waals surface area contributed by atoms with Crippen LogP contribution in [-0.4, -0.2) is 225 Å². The lowest BCUT2D eigenvalue weighted by Crippen LogP contribution is -2.62. The van der Waals surface area contributed by atoms with Crippen LogP contribution in [0.4, 0.5) is 0 Å². The highest BCUT2D eigenvalue weighted by Gasteiger charge is 2.39. The number of benzene rings is 3. The molecule has 1 saturated heterocycles. The van der Waals surface area contributed by atoms with Crippen LogP contribution in [-0.2, 0) is 81.6 Å². The molecule has 3 heterocycles. The van der Waals surface area contributed by atoms with Gasteiger partial charge in [-0.1, -0.05) is 103 Å². The van der Waals surface area contributed by atoms with E-state index in [-0.39, 0.29) is 114 Å². The van der Waals surface area contributed by atoms with E-state index in [0.717, 1.165) is 11.8 Å². The van der Waals surface area contributed by atoms with Crippen molar-refractivity contribution in [2.75, 3.05) is 37.7 Å². The number of carbonyl (C=O) groups is 13. The Bertz CT molecular complexity index is 4330. The Morgan fingerprint density at radius 1 is 0.466 bits per heavy atom. The fourth-order valence-electron chi connectivity index (χ4n) is 13.0. The Kier molecular flexibility index (Phi) is 37.8. The predicted octanol–water partition coefficient (Wildman–Crippen LogP) is -2.63. The lowest BCUT2D eigenvalue weighted by Gasteiger charge is -2.31. The van der Waals surface area contributed by atoms with E-state index in [0.29, 0.717) is 38.5 Å². The molecule has 644 valence electrons. The summed E-state index contributed by atoms with van der Waals surface area (Å²) in [5.74, 6) is -16.0. The molecular weight excluding hydrogens is 1550 g/mol. The van der Waals surface area contributed by atoms with E-state index < -0.39 is 191 Å². The fourth-order valence-corrected chi connectivity index (χ4v) is 13.9. The first-order valence-electron chi connectivity index (χ1n) is 39.3. The van der Waals surface area contributed by atoms with Crippen LogP contribution in [0.3, 0.4) is 0 Å². The smallest absolute Gasteiger partial charge is 0.245 e. The quantitative estimate of drug-likeness (QED) is 0.0153. The highest BCUT2D eigenvalue weighted by molar-refractivity contribution is 8.00. The maximum absolute atomic E-state index is 15.1. The van der Waals surface area contributed by atoms with Crippen molar-refractivity contribution in [2.45, 2.75) is 198 Å². The number of guanidine groups is 3. The number of primary amides is 1. The third-order valence-corrected chi connectivity index (χ3v) is 21.1. The first-order valence-corrected chi connectivity index (χ1v) is 40.5. The summed E-state index contributed by atoms with van der Waals surface area (Å²) >= 11 is 0.840. The number of carbonyl (C=O) groups excluding carboxylic acids is 13. The second kappa shape index (κ2) is 47.1. The standard InChI is InChI=1S/C78H116N24O15S/c1-8-41(5)62-74(116)94-53(22-15-29-87-77(82)83)66(108)93-52(21-14-28-86-76(80)81)67(109)99-59(37-103)73(115)91-43(7)65(107)96-57(33-45-35-89-50-19-12-10-17-48(45)50)70(112)97-55(31-40(3)4)69(111)98-58(34-46-36-90-51-20-13-11-18-49(46)51)71(113)100-60(64(79)106)38-118-39-61(105)92-56(32-44-24-26-47(104)27-25-44)72(114)102-63(42(6)9-2)75(117)95-54(68(110)101-62)23-16-30-88-78(84)85/h10-13,17-20,24-27,35-36,40-43,52-60,62-63,89-90,103-104H,8-9,14-16,21-23,28-34,37-39H2,1-7H3,(H2,79,106)(H,91,115)(H,92,105)(H,93,108)(H,94,116)(H,95,117)(H,96,107)(H,97,112)(H,98,111)(H,99,109)(H,100,113)(H,101,110)(H,102,114)(H4,80,81,86)(H4,82,83,87)(H4,84,85,88)/t41-,42-,43+,52-,53-,54-,55-,56-,57-,58-,59-,60-,62-,63-/m0/s1. The van der Waals surface area contributed by atoms with Gasteiger partial charge in [0.05, 0.1) is 12.4 Å². The number of thioether (sulfide) groups is 1. The first kappa shape index (κ1) is 94.6. The number of phenols is 1. The second-order valence-corrected chi connectivity index (χ2v) is 30.8. The maximum Gasteiger partial charge on any atom is 0.245 e. The van der Waals surface area contributed by atoms with Crippen LogP contribution in [0.25, 0.3) is 21.8 Å². The molecule has 1 aliphatic rings. The molecule has 14 atom stereocenters. The molecular formula is C78H116N24O15S. The summed E-state index contributed by atoms with van der Waals surface area (Å²) in [5, 5.41) is 85.4. The van der Waals surface area contributed by atoms with Crippen molar-refractivity contribution in [3.8, 4) is 5.75 Å². The van der Waals surface area contributed by atoms with Gasteiger partial charge in [-0.2, -0.15) is 0 Å². The number of aromatic nitrogens is 2.